The Morgan fingerprint density at radius 3 is 2.45 bits per heavy atom. The second-order valence-corrected chi connectivity index (χ2v) is 8.41. The molecule has 5 nitrogen and oxygen atoms in total. The monoisotopic (exact) mass is 390 g/mol. The fourth-order valence-electron chi connectivity index (χ4n) is 4.86. The van der Waals surface area contributed by atoms with Crippen molar-refractivity contribution in [2.75, 3.05) is 5.32 Å². The minimum Gasteiger partial charge on any atom is -0.382 e. The van der Waals surface area contributed by atoms with Crippen LogP contribution in [-0.2, 0) is 0 Å². The van der Waals surface area contributed by atoms with Gasteiger partial charge in [-0.3, -0.25) is 14.3 Å². The first-order valence-electron chi connectivity index (χ1n) is 11.0. The van der Waals surface area contributed by atoms with E-state index in [-0.39, 0.29) is 11.6 Å². The highest BCUT2D eigenvalue weighted by Crippen LogP contribution is 2.33. The summed E-state index contributed by atoms with van der Waals surface area (Å²) in [5.41, 5.74) is 3.50. The van der Waals surface area contributed by atoms with Gasteiger partial charge in [0, 0.05) is 35.2 Å². The van der Waals surface area contributed by atoms with Crippen LogP contribution in [0.5, 0.6) is 0 Å². The lowest BCUT2D eigenvalue weighted by Crippen LogP contribution is -2.29. The molecule has 2 aromatic heterocycles. The lowest BCUT2D eigenvalue weighted by atomic mass is 9.94. The van der Waals surface area contributed by atoms with Crippen LogP contribution in [0.2, 0.25) is 0 Å². The molecule has 2 heterocycles. The molecule has 0 aromatic carbocycles. The topological polar surface area (TPSA) is 59.8 Å². The van der Waals surface area contributed by atoms with Gasteiger partial charge in [0.2, 0.25) is 0 Å². The van der Waals surface area contributed by atoms with Crippen LogP contribution in [0.25, 0.3) is 11.3 Å². The standard InChI is InChI=1S/C24H30N4O/c1-3-20-23(26-16-28(24(20)29)19-12-8-5-9-13-19)22-17(2)25-15-14-21(22)27-18-10-6-4-7-11-18/h1,14-16,18-19H,4-13H2,2H3,(H,25,27). The lowest BCUT2D eigenvalue weighted by molar-refractivity contribution is 0.343. The molecule has 2 fully saturated rings. The van der Waals surface area contributed by atoms with Gasteiger partial charge in [-0.1, -0.05) is 44.4 Å². The van der Waals surface area contributed by atoms with Crippen molar-refractivity contribution in [3.05, 3.63) is 40.2 Å². The Balaban J connectivity index is 1.75. The Bertz CT molecular complexity index is 960. The van der Waals surface area contributed by atoms with Crippen molar-refractivity contribution >= 4 is 5.69 Å². The maximum absolute atomic E-state index is 13.2. The summed E-state index contributed by atoms with van der Waals surface area (Å²) in [6.07, 6.45) is 21.1. The average molecular weight is 391 g/mol. The SMILES string of the molecule is C#Cc1c(-c2c(NC3CCCCC3)ccnc2C)ncn(C2CCCCC2)c1=O. The highest BCUT2D eigenvalue weighted by Gasteiger charge is 2.23. The van der Waals surface area contributed by atoms with Crippen molar-refractivity contribution in [1.82, 2.24) is 14.5 Å². The number of hydrogen-bond acceptors (Lipinski definition) is 4. The molecule has 0 radical (unpaired) electrons. The molecule has 2 aliphatic rings. The van der Waals surface area contributed by atoms with Crippen LogP contribution < -0.4 is 10.9 Å². The Hall–Kier alpha value is -2.61. The van der Waals surface area contributed by atoms with Crippen molar-refractivity contribution in [3.8, 4) is 23.6 Å². The smallest absolute Gasteiger partial charge is 0.269 e. The third-order valence-corrected chi connectivity index (χ3v) is 6.45. The molecule has 0 bridgehead atoms. The van der Waals surface area contributed by atoms with Gasteiger partial charge in [-0.05, 0) is 38.7 Å². The van der Waals surface area contributed by atoms with Gasteiger partial charge < -0.3 is 5.32 Å². The van der Waals surface area contributed by atoms with Crippen LogP contribution in [0.15, 0.2) is 23.4 Å². The van der Waals surface area contributed by atoms with E-state index in [0.717, 1.165) is 42.6 Å². The first-order valence-corrected chi connectivity index (χ1v) is 11.0. The van der Waals surface area contributed by atoms with E-state index < -0.39 is 0 Å². The van der Waals surface area contributed by atoms with E-state index in [9.17, 15) is 4.79 Å². The van der Waals surface area contributed by atoms with Crippen molar-refractivity contribution in [3.63, 3.8) is 0 Å². The second kappa shape index (κ2) is 8.82. The summed E-state index contributed by atoms with van der Waals surface area (Å²) in [5.74, 6) is 2.65. The van der Waals surface area contributed by atoms with Crippen LogP contribution in [0.3, 0.4) is 0 Å². The number of nitrogens with one attached hydrogen (secondary N) is 1. The van der Waals surface area contributed by atoms with Gasteiger partial charge in [0.05, 0.1) is 12.0 Å². The number of rotatable bonds is 4. The van der Waals surface area contributed by atoms with Crippen molar-refractivity contribution < 1.29 is 0 Å². The first-order chi connectivity index (χ1) is 14.2. The van der Waals surface area contributed by atoms with Gasteiger partial charge in [0.1, 0.15) is 5.56 Å². The summed E-state index contributed by atoms with van der Waals surface area (Å²) in [4.78, 5) is 22.4. The quantitative estimate of drug-likeness (QED) is 0.759. The molecule has 0 aliphatic heterocycles. The number of aryl methyl sites for hydroxylation is 1. The van der Waals surface area contributed by atoms with Gasteiger partial charge in [-0.15, -0.1) is 6.42 Å². The number of terminal acetylenes is 1. The fourth-order valence-corrected chi connectivity index (χ4v) is 4.86. The molecular weight excluding hydrogens is 360 g/mol. The summed E-state index contributed by atoms with van der Waals surface area (Å²) in [6, 6.07) is 2.63. The lowest BCUT2D eigenvalue weighted by Gasteiger charge is -2.26. The predicted octanol–water partition coefficient (Wildman–Crippen LogP) is 4.84. The number of hydrogen-bond donors (Lipinski definition) is 1. The normalized spacial score (nSPS) is 18.3. The van der Waals surface area contributed by atoms with Crippen LogP contribution in [-0.4, -0.2) is 20.6 Å². The molecule has 0 unspecified atom stereocenters. The molecule has 2 aliphatic carbocycles. The predicted molar refractivity (Wildman–Crippen MR) is 117 cm³/mol. The molecule has 0 saturated heterocycles. The molecule has 152 valence electrons. The number of aromatic nitrogens is 3. The van der Waals surface area contributed by atoms with Gasteiger partial charge >= 0.3 is 0 Å². The van der Waals surface area contributed by atoms with Gasteiger partial charge in [-0.2, -0.15) is 0 Å². The van der Waals surface area contributed by atoms with E-state index in [0.29, 0.717) is 17.3 Å². The third-order valence-electron chi connectivity index (χ3n) is 6.45. The Morgan fingerprint density at radius 2 is 1.76 bits per heavy atom. The van der Waals surface area contributed by atoms with Crippen LogP contribution in [0.1, 0.15) is 81.5 Å². The molecule has 5 heteroatoms. The average Bonchev–Trinajstić information content (AvgIpc) is 2.75. The molecular formula is C24H30N4O. The highest BCUT2D eigenvalue weighted by molar-refractivity contribution is 5.80. The van der Waals surface area contributed by atoms with Gasteiger partial charge in [0.15, 0.2) is 0 Å². The Kier molecular flexibility index (Phi) is 5.99. The summed E-state index contributed by atoms with van der Waals surface area (Å²) in [5, 5.41) is 3.68. The number of nitrogens with zero attached hydrogens (tertiary/aromatic N) is 3. The summed E-state index contributed by atoms with van der Waals surface area (Å²) < 4.78 is 1.76. The van der Waals surface area contributed by atoms with Crippen molar-refractivity contribution in [2.24, 2.45) is 0 Å². The van der Waals surface area contributed by atoms with Crippen LogP contribution in [0.4, 0.5) is 5.69 Å². The zero-order valence-electron chi connectivity index (χ0n) is 17.3. The van der Waals surface area contributed by atoms with Crippen molar-refractivity contribution in [1.29, 1.82) is 0 Å². The van der Waals surface area contributed by atoms with Crippen LogP contribution in [0, 0.1) is 19.3 Å². The minimum atomic E-state index is -0.101. The highest BCUT2D eigenvalue weighted by atomic mass is 16.1. The number of anilines is 1. The van der Waals surface area contributed by atoms with E-state index in [1.165, 1.54) is 38.5 Å². The molecule has 0 amide bonds. The number of pyridine rings is 1. The Labute approximate surface area is 173 Å². The molecule has 2 saturated carbocycles. The van der Waals surface area contributed by atoms with E-state index >= 15 is 0 Å². The van der Waals surface area contributed by atoms with E-state index in [1.807, 2.05) is 19.2 Å². The largest absolute Gasteiger partial charge is 0.382 e. The molecule has 4 rings (SSSR count). The summed E-state index contributed by atoms with van der Waals surface area (Å²) >= 11 is 0. The van der Waals surface area contributed by atoms with Gasteiger partial charge in [0.25, 0.3) is 5.56 Å². The molecule has 29 heavy (non-hydrogen) atoms. The van der Waals surface area contributed by atoms with Crippen molar-refractivity contribution in [2.45, 2.75) is 83.2 Å². The van der Waals surface area contributed by atoms with E-state index in [4.69, 9.17) is 11.4 Å². The zero-order chi connectivity index (χ0) is 20.2. The molecule has 0 spiro atoms. The molecule has 1 N–H and O–H groups in total. The van der Waals surface area contributed by atoms with E-state index in [2.05, 4.69) is 16.2 Å². The Morgan fingerprint density at radius 1 is 1.07 bits per heavy atom. The van der Waals surface area contributed by atoms with Crippen LogP contribution >= 0.6 is 0 Å². The molecule has 2 aromatic rings. The maximum Gasteiger partial charge on any atom is 0.269 e. The zero-order valence-corrected chi connectivity index (χ0v) is 17.3. The summed E-state index contributed by atoms with van der Waals surface area (Å²) in [6.45, 7) is 1.95. The first kappa shape index (κ1) is 19.7. The molecule has 0 atom stereocenters. The van der Waals surface area contributed by atoms with E-state index in [1.54, 1.807) is 10.9 Å². The fraction of sp³-hybridized carbons (Fsp3) is 0.542. The maximum atomic E-state index is 13.2. The minimum absolute atomic E-state index is 0.101. The summed E-state index contributed by atoms with van der Waals surface area (Å²) in [7, 11) is 0. The van der Waals surface area contributed by atoms with Gasteiger partial charge in [-0.25, -0.2) is 4.98 Å². The third kappa shape index (κ3) is 4.07. The second-order valence-electron chi connectivity index (χ2n) is 8.41.